The number of rotatable bonds is 16. The lowest BCUT2D eigenvalue weighted by Crippen LogP contribution is -1.95. The third-order valence-electron chi connectivity index (χ3n) is 10.7. The van der Waals surface area contributed by atoms with Crippen molar-refractivity contribution in [2.45, 2.75) is 105 Å². The second-order valence-corrected chi connectivity index (χ2v) is 19.1. The summed E-state index contributed by atoms with van der Waals surface area (Å²) in [5.74, 6) is 0. The molecule has 0 aliphatic rings. The van der Waals surface area contributed by atoms with Gasteiger partial charge in [0.15, 0.2) is 0 Å². The van der Waals surface area contributed by atoms with E-state index in [2.05, 4.69) is 113 Å². The molecule has 0 unspecified atom stereocenters. The summed E-state index contributed by atoms with van der Waals surface area (Å²) in [6.07, 6.45) is 14.5. The van der Waals surface area contributed by atoms with Crippen molar-refractivity contribution in [1.29, 1.82) is 0 Å². The maximum Gasteiger partial charge on any atom is 0.0358 e. The summed E-state index contributed by atoms with van der Waals surface area (Å²) in [7, 11) is 0. The predicted molar refractivity (Wildman–Crippen MR) is 238 cm³/mol. The first-order valence-electron chi connectivity index (χ1n) is 19.8. The van der Waals surface area contributed by atoms with Gasteiger partial charge in [0.2, 0.25) is 0 Å². The van der Waals surface area contributed by atoms with E-state index >= 15 is 0 Å². The summed E-state index contributed by atoms with van der Waals surface area (Å²) in [6.45, 7) is 9.21. The Kier molecular flexibility index (Phi) is 11.0. The van der Waals surface area contributed by atoms with Gasteiger partial charge in [0, 0.05) is 61.3 Å². The van der Waals surface area contributed by atoms with E-state index < -0.39 is 0 Å². The molecule has 8 aromatic rings. The van der Waals surface area contributed by atoms with Gasteiger partial charge in [-0.1, -0.05) is 89.8 Å². The largest absolute Gasteiger partial charge is 0.140 e. The van der Waals surface area contributed by atoms with E-state index in [1.54, 1.807) is 0 Å². The number of hydrogen-bond donors (Lipinski definition) is 0. The molecular formula is C48H50S4. The van der Waals surface area contributed by atoms with Gasteiger partial charge in [0.25, 0.3) is 0 Å². The first-order valence-corrected chi connectivity index (χ1v) is 23.0. The van der Waals surface area contributed by atoms with Crippen LogP contribution in [0.1, 0.15) is 98.6 Å². The summed E-state index contributed by atoms with van der Waals surface area (Å²) in [5.41, 5.74) is 5.70. The minimum Gasteiger partial charge on any atom is -0.140 e. The second-order valence-electron chi connectivity index (χ2n) is 14.4. The number of thiophene rings is 4. The fourth-order valence-corrected chi connectivity index (χ4v) is 12.5. The standard InChI is InChI=1S/C48H50S4/c1-5-9-15-31-23-27-39(49-31)45-35-19-13-21-37-43(35)44-36(46(45)40-28-24-32(50-40)16-10-6-2)20-14-22-38(44)48(42-30-26-34(52-42)18-12-8-4)47(37)41-29-25-33(51-41)17-11-7-3/h13-14,19-30H,5-12,15-18H2,1-4H3. The van der Waals surface area contributed by atoms with Crippen LogP contribution < -0.4 is 0 Å². The highest BCUT2D eigenvalue weighted by Gasteiger charge is 2.27. The van der Waals surface area contributed by atoms with Crippen molar-refractivity contribution < 1.29 is 0 Å². The average molecular weight is 755 g/mol. The second kappa shape index (κ2) is 16.0. The maximum atomic E-state index is 2.43. The van der Waals surface area contributed by atoms with Crippen LogP contribution in [-0.4, -0.2) is 0 Å². The third-order valence-corrected chi connectivity index (χ3v) is 15.3. The van der Waals surface area contributed by atoms with Crippen LogP contribution in [0.25, 0.3) is 74.1 Å². The van der Waals surface area contributed by atoms with Crippen LogP contribution in [0.2, 0.25) is 0 Å². The fraction of sp³-hybridized carbons (Fsp3) is 0.333. The van der Waals surface area contributed by atoms with E-state index in [0.717, 1.165) is 25.7 Å². The molecule has 266 valence electrons. The SMILES string of the molecule is CCCCc1ccc(-c2c(-c3ccc(CCCC)s3)c3cccc4c(-c5ccc(CCCC)s5)c(-c5ccc(CCCC)s5)c5cccc2c5c34)s1. The zero-order chi connectivity index (χ0) is 35.6. The van der Waals surface area contributed by atoms with Crippen molar-refractivity contribution in [3.8, 4) is 41.8 Å². The Bertz CT molecular complexity index is 2090. The lowest BCUT2D eigenvalue weighted by atomic mass is 9.82. The Labute approximate surface area is 326 Å². The Balaban J connectivity index is 1.48. The quantitative estimate of drug-likeness (QED) is 0.0862. The summed E-state index contributed by atoms with van der Waals surface area (Å²) in [5, 5.41) is 8.46. The fourth-order valence-electron chi connectivity index (χ4n) is 8.03. The van der Waals surface area contributed by atoms with Crippen molar-refractivity contribution in [2.24, 2.45) is 0 Å². The summed E-state index contributed by atoms with van der Waals surface area (Å²) in [4.78, 5) is 11.6. The number of hydrogen-bond acceptors (Lipinski definition) is 4. The summed E-state index contributed by atoms with van der Waals surface area (Å²) in [6, 6.07) is 33.8. The van der Waals surface area contributed by atoms with Crippen LogP contribution in [0.4, 0.5) is 0 Å². The molecule has 0 aliphatic heterocycles. The molecule has 0 nitrogen and oxygen atoms in total. The molecule has 0 N–H and O–H groups in total. The first kappa shape index (κ1) is 35.7. The Morgan fingerprint density at radius 1 is 0.327 bits per heavy atom. The van der Waals surface area contributed by atoms with Gasteiger partial charge < -0.3 is 0 Å². The van der Waals surface area contributed by atoms with Gasteiger partial charge in [0.1, 0.15) is 0 Å². The van der Waals surface area contributed by atoms with Crippen LogP contribution in [0.5, 0.6) is 0 Å². The van der Waals surface area contributed by atoms with Gasteiger partial charge in [-0.2, -0.15) is 0 Å². The van der Waals surface area contributed by atoms with E-state index in [0.29, 0.717) is 0 Å². The van der Waals surface area contributed by atoms with Gasteiger partial charge in [-0.05, 0) is 132 Å². The van der Waals surface area contributed by atoms with E-state index in [9.17, 15) is 0 Å². The van der Waals surface area contributed by atoms with Gasteiger partial charge in [-0.3, -0.25) is 0 Å². The Morgan fingerprint density at radius 2 is 0.577 bits per heavy atom. The molecule has 4 heteroatoms. The van der Waals surface area contributed by atoms with Gasteiger partial charge >= 0.3 is 0 Å². The molecule has 4 heterocycles. The van der Waals surface area contributed by atoms with Crippen LogP contribution >= 0.6 is 45.3 Å². The topological polar surface area (TPSA) is 0 Å². The average Bonchev–Trinajstić information content (AvgIpc) is 4.01. The van der Waals surface area contributed by atoms with E-state index in [1.807, 2.05) is 45.3 Å². The maximum absolute atomic E-state index is 2.43. The number of unbranched alkanes of at least 4 members (excludes halogenated alkanes) is 4. The van der Waals surface area contributed by atoms with Gasteiger partial charge in [0.05, 0.1) is 0 Å². The lowest BCUT2D eigenvalue weighted by Gasteiger charge is -2.23. The molecule has 0 fully saturated rings. The van der Waals surface area contributed by atoms with Crippen molar-refractivity contribution in [2.75, 3.05) is 0 Å². The molecule has 0 atom stereocenters. The monoisotopic (exact) mass is 754 g/mol. The van der Waals surface area contributed by atoms with E-state index in [1.165, 1.54) is 145 Å². The van der Waals surface area contributed by atoms with Crippen LogP contribution in [0, 0.1) is 0 Å². The molecule has 52 heavy (non-hydrogen) atoms. The molecule has 0 radical (unpaired) electrons. The number of benzene rings is 4. The number of aryl methyl sites for hydroxylation is 4. The van der Waals surface area contributed by atoms with Crippen LogP contribution in [0.15, 0.2) is 84.9 Å². The van der Waals surface area contributed by atoms with Gasteiger partial charge in [-0.15, -0.1) is 45.3 Å². The van der Waals surface area contributed by atoms with E-state index in [4.69, 9.17) is 0 Å². The van der Waals surface area contributed by atoms with Gasteiger partial charge in [-0.25, -0.2) is 0 Å². The van der Waals surface area contributed by atoms with E-state index in [-0.39, 0.29) is 0 Å². The molecule has 4 aromatic carbocycles. The normalized spacial score (nSPS) is 12.0. The van der Waals surface area contributed by atoms with Crippen molar-refractivity contribution in [1.82, 2.24) is 0 Å². The highest BCUT2D eigenvalue weighted by Crippen LogP contribution is 2.55. The van der Waals surface area contributed by atoms with Crippen molar-refractivity contribution in [3.05, 3.63) is 104 Å². The predicted octanol–water partition coefficient (Wildman–Crippen LogP) is 16.9. The molecule has 4 aromatic heterocycles. The molecule has 0 spiro atoms. The summed E-state index contributed by atoms with van der Waals surface area (Å²) >= 11 is 8.07. The molecule has 0 saturated carbocycles. The summed E-state index contributed by atoms with van der Waals surface area (Å²) < 4.78 is 0. The smallest absolute Gasteiger partial charge is 0.0358 e. The zero-order valence-corrected chi connectivity index (χ0v) is 34.5. The third kappa shape index (κ3) is 6.70. The van der Waals surface area contributed by atoms with Crippen LogP contribution in [0.3, 0.4) is 0 Å². The molecule has 0 saturated heterocycles. The molecule has 8 rings (SSSR count). The lowest BCUT2D eigenvalue weighted by molar-refractivity contribution is 0.804. The minimum atomic E-state index is 1.16. The first-order chi connectivity index (χ1) is 25.6. The Hall–Kier alpha value is -3.28. The molecule has 0 amide bonds. The molecule has 0 bridgehead atoms. The molecule has 0 aliphatic carbocycles. The highest BCUT2D eigenvalue weighted by atomic mass is 32.1. The highest BCUT2D eigenvalue weighted by molar-refractivity contribution is 7.17. The van der Waals surface area contributed by atoms with Crippen molar-refractivity contribution >= 4 is 77.7 Å². The van der Waals surface area contributed by atoms with Crippen LogP contribution in [-0.2, 0) is 25.7 Å². The van der Waals surface area contributed by atoms with Crippen molar-refractivity contribution in [3.63, 3.8) is 0 Å². The Morgan fingerprint density at radius 3 is 0.808 bits per heavy atom. The minimum absolute atomic E-state index is 1.16. The molecular weight excluding hydrogens is 705 g/mol. The zero-order valence-electron chi connectivity index (χ0n) is 31.2.